The van der Waals surface area contributed by atoms with E-state index in [1.807, 2.05) is 31.2 Å². The van der Waals surface area contributed by atoms with Crippen molar-refractivity contribution >= 4 is 21.6 Å². The van der Waals surface area contributed by atoms with E-state index in [-0.39, 0.29) is 11.7 Å². The molecule has 1 saturated heterocycles. The number of carbonyl (C=O) groups is 1. The number of anilines is 1. The van der Waals surface area contributed by atoms with E-state index >= 15 is 0 Å². The largest absolute Gasteiger partial charge is 0.348 e. The van der Waals surface area contributed by atoms with E-state index in [0.29, 0.717) is 30.8 Å². The summed E-state index contributed by atoms with van der Waals surface area (Å²) in [6, 6.07) is 14.6. The summed E-state index contributed by atoms with van der Waals surface area (Å²) in [6.07, 6.45) is 0.617. The second-order valence-corrected chi connectivity index (χ2v) is 7.91. The molecule has 1 heterocycles. The van der Waals surface area contributed by atoms with Crippen LogP contribution in [0, 0.1) is 6.92 Å². The van der Waals surface area contributed by atoms with Crippen LogP contribution < -0.4 is 9.62 Å². The van der Waals surface area contributed by atoms with Crippen molar-refractivity contribution in [2.45, 2.75) is 19.9 Å². The lowest BCUT2D eigenvalue weighted by molar-refractivity contribution is 0.0951. The third kappa shape index (κ3) is 3.43. The highest BCUT2D eigenvalue weighted by molar-refractivity contribution is 7.93. The van der Waals surface area contributed by atoms with E-state index in [1.54, 1.807) is 24.3 Å². The van der Waals surface area contributed by atoms with Crippen LogP contribution in [0.4, 0.5) is 5.69 Å². The quantitative estimate of drug-likeness (QED) is 0.926. The summed E-state index contributed by atoms with van der Waals surface area (Å²) >= 11 is 0. The molecule has 3 rings (SSSR count). The van der Waals surface area contributed by atoms with Crippen LogP contribution in [0.25, 0.3) is 0 Å². The van der Waals surface area contributed by atoms with Crippen molar-refractivity contribution < 1.29 is 13.2 Å². The van der Waals surface area contributed by atoms with Crippen LogP contribution in [-0.2, 0) is 16.6 Å². The second kappa shape index (κ2) is 6.65. The van der Waals surface area contributed by atoms with Crippen LogP contribution >= 0.6 is 0 Å². The molecule has 1 aliphatic rings. The van der Waals surface area contributed by atoms with E-state index in [1.165, 1.54) is 4.31 Å². The monoisotopic (exact) mass is 344 g/mol. The predicted molar refractivity (Wildman–Crippen MR) is 94.5 cm³/mol. The van der Waals surface area contributed by atoms with Gasteiger partial charge in [-0.1, -0.05) is 30.3 Å². The van der Waals surface area contributed by atoms with Crippen LogP contribution in [0.2, 0.25) is 0 Å². The van der Waals surface area contributed by atoms with E-state index < -0.39 is 10.0 Å². The second-order valence-electron chi connectivity index (χ2n) is 5.90. The summed E-state index contributed by atoms with van der Waals surface area (Å²) in [4.78, 5) is 12.4. The molecule has 24 heavy (non-hydrogen) atoms. The van der Waals surface area contributed by atoms with E-state index in [4.69, 9.17) is 0 Å². The molecule has 0 aliphatic carbocycles. The molecule has 0 spiro atoms. The van der Waals surface area contributed by atoms with Gasteiger partial charge in [0.1, 0.15) is 0 Å². The van der Waals surface area contributed by atoms with Crippen LogP contribution in [-0.4, -0.2) is 26.6 Å². The third-order valence-electron chi connectivity index (χ3n) is 4.20. The molecule has 1 amide bonds. The molecule has 1 aliphatic heterocycles. The van der Waals surface area contributed by atoms with Crippen molar-refractivity contribution in [1.29, 1.82) is 0 Å². The number of carbonyl (C=O) groups excluding carboxylic acids is 1. The Morgan fingerprint density at radius 2 is 1.96 bits per heavy atom. The Bertz CT molecular complexity index is 862. The van der Waals surface area contributed by atoms with Gasteiger partial charge in [0.25, 0.3) is 5.91 Å². The Morgan fingerprint density at radius 1 is 1.17 bits per heavy atom. The zero-order valence-electron chi connectivity index (χ0n) is 13.5. The van der Waals surface area contributed by atoms with Gasteiger partial charge < -0.3 is 5.32 Å². The Labute approximate surface area is 142 Å². The number of aryl methyl sites for hydroxylation is 1. The minimum Gasteiger partial charge on any atom is -0.348 e. The molecule has 0 saturated carbocycles. The van der Waals surface area contributed by atoms with Gasteiger partial charge in [-0.05, 0) is 42.7 Å². The Morgan fingerprint density at radius 3 is 2.67 bits per heavy atom. The summed E-state index contributed by atoms with van der Waals surface area (Å²) in [7, 11) is -3.24. The number of nitrogens with one attached hydrogen (secondary N) is 1. The van der Waals surface area contributed by atoms with Crippen molar-refractivity contribution in [2.24, 2.45) is 0 Å². The van der Waals surface area contributed by atoms with E-state index in [9.17, 15) is 13.2 Å². The van der Waals surface area contributed by atoms with Gasteiger partial charge in [-0.25, -0.2) is 8.42 Å². The van der Waals surface area contributed by atoms with Crippen LogP contribution in [0.3, 0.4) is 0 Å². The molecule has 6 heteroatoms. The van der Waals surface area contributed by atoms with Crippen molar-refractivity contribution in [3.63, 3.8) is 0 Å². The maximum absolute atomic E-state index is 12.4. The molecule has 0 atom stereocenters. The van der Waals surface area contributed by atoms with E-state index in [0.717, 1.165) is 11.1 Å². The molecular weight excluding hydrogens is 324 g/mol. The van der Waals surface area contributed by atoms with Gasteiger partial charge in [0.15, 0.2) is 0 Å². The summed E-state index contributed by atoms with van der Waals surface area (Å²) < 4.78 is 25.4. The Kier molecular flexibility index (Phi) is 4.57. The van der Waals surface area contributed by atoms with Crippen molar-refractivity contribution in [2.75, 3.05) is 16.6 Å². The van der Waals surface area contributed by atoms with Gasteiger partial charge in [-0.2, -0.15) is 0 Å². The average molecular weight is 344 g/mol. The molecule has 126 valence electrons. The normalized spacial score (nSPS) is 16.1. The maximum Gasteiger partial charge on any atom is 0.251 e. The standard InChI is InChI=1S/C18H20N2O3S/c1-14-6-2-3-7-16(14)13-19-18(21)15-8-4-9-17(12-15)20-10-5-11-24(20,22)23/h2-4,6-9,12H,5,10-11,13H2,1H3,(H,19,21). The lowest BCUT2D eigenvalue weighted by Gasteiger charge is -2.17. The summed E-state index contributed by atoms with van der Waals surface area (Å²) in [5, 5.41) is 2.89. The summed E-state index contributed by atoms with van der Waals surface area (Å²) in [5.74, 6) is -0.0480. The van der Waals surface area contributed by atoms with Crippen molar-refractivity contribution in [1.82, 2.24) is 5.32 Å². The first-order valence-corrected chi connectivity index (χ1v) is 9.51. The third-order valence-corrected chi connectivity index (χ3v) is 6.07. The van der Waals surface area contributed by atoms with Crippen LogP contribution in [0.15, 0.2) is 48.5 Å². The van der Waals surface area contributed by atoms with Gasteiger partial charge in [0.2, 0.25) is 10.0 Å². The fourth-order valence-electron chi connectivity index (χ4n) is 2.82. The molecule has 1 fully saturated rings. The smallest absolute Gasteiger partial charge is 0.251 e. The van der Waals surface area contributed by atoms with Crippen molar-refractivity contribution in [3.05, 3.63) is 65.2 Å². The minimum absolute atomic E-state index is 0.163. The number of rotatable bonds is 4. The number of benzene rings is 2. The Hall–Kier alpha value is -2.34. The number of hydrogen-bond donors (Lipinski definition) is 1. The highest BCUT2D eigenvalue weighted by Gasteiger charge is 2.28. The maximum atomic E-state index is 12.4. The number of sulfonamides is 1. The van der Waals surface area contributed by atoms with Crippen LogP contribution in [0.5, 0.6) is 0 Å². The first kappa shape index (κ1) is 16.5. The summed E-state index contributed by atoms with van der Waals surface area (Å²) in [5.41, 5.74) is 3.19. The topological polar surface area (TPSA) is 66.5 Å². The molecule has 0 bridgehead atoms. The molecule has 0 aromatic heterocycles. The van der Waals surface area contributed by atoms with E-state index in [2.05, 4.69) is 5.32 Å². The first-order valence-electron chi connectivity index (χ1n) is 7.90. The zero-order chi connectivity index (χ0) is 17.2. The fourth-order valence-corrected chi connectivity index (χ4v) is 4.37. The molecule has 0 unspecified atom stereocenters. The highest BCUT2D eigenvalue weighted by Crippen LogP contribution is 2.24. The highest BCUT2D eigenvalue weighted by atomic mass is 32.2. The molecule has 0 radical (unpaired) electrons. The number of nitrogens with zero attached hydrogens (tertiary/aromatic N) is 1. The predicted octanol–water partition coefficient (Wildman–Crippen LogP) is 2.46. The van der Waals surface area contributed by atoms with Gasteiger partial charge in [-0.3, -0.25) is 9.10 Å². The lowest BCUT2D eigenvalue weighted by Crippen LogP contribution is -2.26. The minimum atomic E-state index is -3.24. The van der Waals surface area contributed by atoms with Gasteiger partial charge >= 0.3 is 0 Å². The van der Waals surface area contributed by atoms with Gasteiger partial charge in [-0.15, -0.1) is 0 Å². The SMILES string of the molecule is Cc1ccccc1CNC(=O)c1cccc(N2CCCS2(=O)=O)c1. The van der Waals surface area contributed by atoms with Crippen molar-refractivity contribution in [3.8, 4) is 0 Å². The molecule has 2 aromatic carbocycles. The Balaban J connectivity index is 1.74. The zero-order valence-corrected chi connectivity index (χ0v) is 14.3. The molecule has 2 aromatic rings. The lowest BCUT2D eigenvalue weighted by atomic mass is 10.1. The van der Waals surface area contributed by atoms with Gasteiger partial charge in [0, 0.05) is 18.7 Å². The molecule has 5 nitrogen and oxygen atoms in total. The number of hydrogen-bond acceptors (Lipinski definition) is 3. The number of amides is 1. The fraction of sp³-hybridized carbons (Fsp3) is 0.278. The average Bonchev–Trinajstić information content (AvgIpc) is 2.93. The molecular formula is C18H20N2O3S. The van der Waals surface area contributed by atoms with Crippen LogP contribution in [0.1, 0.15) is 27.9 Å². The first-order chi connectivity index (χ1) is 11.5. The summed E-state index contributed by atoms with van der Waals surface area (Å²) in [6.45, 7) is 2.91. The van der Waals surface area contributed by atoms with Gasteiger partial charge in [0.05, 0.1) is 11.4 Å². The molecule has 1 N–H and O–H groups in total.